The van der Waals surface area contributed by atoms with Gasteiger partial charge in [0.25, 0.3) is 0 Å². The molecule has 1 unspecified atom stereocenters. The molecule has 2 heterocycles. The molecule has 6 aromatic rings. The normalized spacial score (nSPS) is 18.4. The third kappa shape index (κ3) is 2.62. The molecule has 0 amide bonds. The number of nitrogens with zero attached hydrogens (tertiary/aromatic N) is 1. The van der Waals surface area contributed by atoms with Crippen molar-refractivity contribution in [1.29, 1.82) is 0 Å². The fraction of sp³-hybridized carbons (Fsp3) is 0.105. The van der Waals surface area contributed by atoms with Crippen LogP contribution in [0.15, 0.2) is 127 Å². The van der Waals surface area contributed by atoms with Gasteiger partial charge in [-0.25, -0.2) is 0 Å². The van der Waals surface area contributed by atoms with Crippen molar-refractivity contribution in [1.82, 2.24) is 4.57 Å². The summed E-state index contributed by atoms with van der Waals surface area (Å²) in [5.41, 5.74) is 21.6. The monoisotopic (exact) mass is 512 g/mol. The van der Waals surface area contributed by atoms with Gasteiger partial charge in [-0.15, -0.1) is 0 Å². The molecule has 1 aromatic heterocycles. The van der Waals surface area contributed by atoms with E-state index in [-0.39, 0.29) is 5.41 Å². The zero-order valence-corrected chi connectivity index (χ0v) is 22.2. The predicted octanol–water partition coefficient (Wildman–Crippen LogP) is 8.67. The second-order valence-corrected chi connectivity index (χ2v) is 11.3. The van der Waals surface area contributed by atoms with Crippen molar-refractivity contribution < 1.29 is 0 Å². The zero-order chi connectivity index (χ0) is 26.4. The van der Waals surface area contributed by atoms with Crippen molar-refractivity contribution in [3.63, 3.8) is 0 Å². The zero-order valence-electron chi connectivity index (χ0n) is 22.2. The molecular weight excluding hydrogens is 484 g/mol. The molecule has 0 saturated carbocycles. The first kappa shape index (κ1) is 22.2. The SMILES string of the molecule is NCc1ccc(-c2ccc3c(c2)C2(C4=C(C=CCC4)c4ccccc42)c2cccc4c5ccccc5n-3c24)cc1. The summed E-state index contributed by atoms with van der Waals surface area (Å²) in [6.45, 7) is 0.558. The molecule has 0 saturated heterocycles. The van der Waals surface area contributed by atoms with Crippen molar-refractivity contribution >= 4 is 27.4 Å². The molecule has 0 bridgehead atoms. The Labute approximate surface area is 233 Å². The molecule has 1 aliphatic heterocycles. The molecule has 1 spiro atoms. The second-order valence-electron chi connectivity index (χ2n) is 11.3. The Balaban J connectivity index is 1.48. The van der Waals surface area contributed by atoms with Crippen LogP contribution in [0.25, 0.3) is 44.2 Å². The van der Waals surface area contributed by atoms with E-state index in [1.807, 2.05) is 0 Å². The number of allylic oxidation sites excluding steroid dienone is 4. The number of hydrogen-bond donors (Lipinski definition) is 1. The van der Waals surface area contributed by atoms with Gasteiger partial charge in [0.1, 0.15) is 0 Å². The highest BCUT2D eigenvalue weighted by atomic mass is 15.0. The van der Waals surface area contributed by atoms with E-state index in [0.29, 0.717) is 6.54 Å². The van der Waals surface area contributed by atoms with Crippen LogP contribution in [0.2, 0.25) is 0 Å². The number of nitrogens with two attached hydrogens (primary N) is 1. The molecule has 5 aromatic carbocycles. The van der Waals surface area contributed by atoms with Crippen LogP contribution in [-0.4, -0.2) is 4.57 Å². The molecule has 1 atom stereocenters. The van der Waals surface area contributed by atoms with Gasteiger partial charge >= 0.3 is 0 Å². The van der Waals surface area contributed by atoms with Crippen molar-refractivity contribution in [3.8, 4) is 16.8 Å². The Morgan fingerprint density at radius 3 is 2.38 bits per heavy atom. The lowest BCUT2D eigenvalue weighted by atomic mass is 9.63. The van der Waals surface area contributed by atoms with E-state index >= 15 is 0 Å². The van der Waals surface area contributed by atoms with Gasteiger partial charge < -0.3 is 10.3 Å². The van der Waals surface area contributed by atoms with Crippen molar-refractivity contribution in [2.45, 2.75) is 24.8 Å². The molecule has 9 rings (SSSR count). The van der Waals surface area contributed by atoms with E-state index in [0.717, 1.165) is 18.4 Å². The molecular formula is C38H28N2. The van der Waals surface area contributed by atoms with E-state index in [1.165, 1.54) is 72.0 Å². The summed E-state index contributed by atoms with van der Waals surface area (Å²) in [5.74, 6) is 0. The molecule has 2 N–H and O–H groups in total. The highest BCUT2D eigenvalue weighted by Crippen LogP contribution is 2.62. The van der Waals surface area contributed by atoms with E-state index < -0.39 is 0 Å². The summed E-state index contributed by atoms with van der Waals surface area (Å²) in [6.07, 6.45) is 6.87. The standard InChI is InChI=1S/C38H28N2/c39-23-24-16-18-25(19-17-24)26-20-21-36-34(22-26)38(31-12-4-1-8-27(31)28-9-2-5-13-32(28)38)33-14-7-11-30-29-10-3-6-15-35(29)40(36)37(30)33/h1-4,6-12,14-22H,5,13,23,39H2. The first-order valence-corrected chi connectivity index (χ1v) is 14.3. The van der Waals surface area contributed by atoms with Crippen LogP contribution in [0.1, 0.15) is 40.7 Å². The van der Waals surface area contributed by atoms with Gasteiger partial charge in [0.05, 0.1) is 22.1 Å². The molecule has 3 aliphatic rings. The topological polar surface area (TPSA) is 30.9 Å². The summed E-state index contributed by atoms with van der Waals surface area (Å²) in [6, 6.07) is 40.9. The van der Waals surface area contributed by atoms with Crippen LogP contribution in [0, 0.1) is 0 Å². The van der Waals surface area contributed by atoms with E-state index in [9.17, 15) is 0 Å². The lowest BCUT2D eigenvalue weighted by Gasteiger charge is -2.41. The average molecular weight is 513 g/mol. The van der Waals surface area contributed by atoms with Gasteiger partial charge in [0.2, 0.25) is 0 Å². The summed E-state index contributed by atoms with van der Waals surface area (Å²) in [7, 11) is 0. The number of para-hydroxylation sites is 2. The largest absolute Gasteiger partial charge is 0.326 e. The molecule has 0 fully saturated rings. The summed E-state index contributed by atoms with van der Waals surface area (Å²) >= 11 is 0. The fourth-order valence-electron chi connectivity index (χ4n) is 7.89. The Bertz CT molecular complexity index is 2090. The maximum atomic E-state index is 5.92. The lowest BCUT2D eigenvalue weighted by molar-refractivity contribution is 0.685. The van der Waals surface area contributed by atoms with Crippen LogP contribution in [0.4, 0.5) is 0 Å². The third-order valence-electron chi connectivity index (χ3n) is 9.51. The maximum absolute atomic E-state index is 5.92. The molecule has 0 radical (unpaired) electrons. The molecule has 2 heteroatoms. The van der Waals surface area contributed by atoms with E-state index in [2.05, 4.69) is 126 Å². The number of aromatic nitrogens is 1. The van der Waals surface area contributed by atoms with Crippen molar-refractivity contribution in [2.24, 2.45) is 5.73 Å². The van der Waals surface area contributed by atoms with Crippen LogP contribution in [0.5, 0.6) is 0 Å². The summed E-state index contributed by atoms with van der Waals surface area (Å²) in [5, 5.41) is 2.64. The van der Waals surface area contributed by atoms with Gasteiger partial charge in [-0.2, -0.15) is 0 Å². The first-order chi connectivity index (χ1) is 19.8. The maximum Gasteiger partial charge on any atom is 0.0717 e. The first-order valence-electron chi connectivity index (χ1n) is 14.3. The van der Waals surface area contributed by atoms with Gasteiger partial charge in [-0.1, -0.05) is 103 Å². The number of hydrogen-bond acceptors (Lipinski definition) is 1. The minimum atomic E-state index is -0.330. The molecule has 2 aliphatic carbocycles. The van der Waals surface area contributed by atoms with Crippen LogP contribution in [-0.2, 0) is 12.0 Å². The molecule has 2 nitrogen and oxygen atoms in total. The highest BCUT2D eigenvalue weighted by molar-refractivity contribution is 6.13. The third-order valence-corrected chi connectivity index (χ3v) is 9.51. The average Bonchev–Trinajstić information content (AvgIpc) is 3.52. The minimum Gasteiger partial charge on any atom is -0.326 e. The Hall–Kier alpha value is -4.66. The lowest BCUT2D eigenvalue weighted by Crippen LogP contribution is -2.35. The smallest absolute Gasteiger partial charge is 0.0717 e. The van der Waals surface area contributed by atoms with E-state index in [4.69, 9.17) is 5.73 Å². The van der Waals surface area contributed by atoms with Crippen LogP contribution >= 0.6 is 0 Å². The predicted molar refractivity (Wildman–Crippen MR) is 166 cm³/mol. The van der Waals surface area contributed by atoms with Gasteiger partial charge in [0, 0.05) is 17.3 Å². The quantitative estimate of drug-likeness (QED) is 0.247. The van der Waals surface area contributed by atoms with Crippen LogP contribution < -0.4 is 5.73 Å². The molecule has 40 heavy (non-hydrogen) atoms. The Morgan fingerprint density at radius 1 is 0.700 bits per heavy atom. The van der Waals surface area contributed by atoms with Gasteiger partial charge in [0.15, 0.2) is 0 Å². The highest BCUT2D eigenvalue weighted by Gasteiger charge is 2.51. The Morgan fingerprint density at radius 2 is 1.48 bits per heavy atom. The fourth-order valence-corrected chi connectivity index (χ4v) is 7.89. The minimum absolute atomic E-state index is 0.330. The number of fused-ring (bicyclic) bond motifs is 11. The Kier molecular flexibility index (Phi) is 4.40. The molecule has 190 valence electrons. The number of benzene rings is 5. The van der Waals surface area contributed by atoms with Gasteiger partial charge in [-0.05, 0) is 81.1 Å². The summed E-state index contributed by atoms with van der Waals surface area (Å²) in [4.78, 5) is 0. The van der Waals surface area contributed by atoms with Crippen LogP contribution in [0.3, 0.4) is 0 Å². The van der Waals surface area contributed by atoms with Crippen molar-refractivity contribution in [2.75, 3.05) is 0 Å². The van der Waals surface area contributed by atoms with Crippen molar-refractivity contribution in [3.05, 3.63) is 155 Å². The van der Waals surface area contributed by atoms with E-state index in [1.54, 1.807) is 0 Å². The number of rotatable bonds is 2. The van der Waals surface area contributed by atoms with Gasteiger partial charge in [-0.3, -0.25) is 0 Å². The second kappa shape index (κ2) is 7.94. The summed E-state index contributed by atoms with van der Waals surface area (Å²) < 4.78 is 2.53.